The molecule has 4 heterocycles. The van der Waals surface area contributed by atoms with E-state index in [0.717, 1.165) is 58.3 Å². The topological polar surface area (TPSA) is 238 Å². The van der Waals surface area contributed by atoms with E-state index in [1.165, 1.54) is 20.3 Å². The Morgan fingerprint density at radius 2 is 1.11 bits per heavy atom. The van der Waals surface area contributed by atoms with Gasteiger partial charge in [0.05, 0.1) is 42.5 Å². The van der Waals surface area contributed by atoms with E-state index in [0.29, 0.717) is 31.4 Å². The van der Waals surface area contributed by atoms with Gasteiger partial charge in [-0.3, -0.25) is 9.59 Å². The molecule has 376 valence electrons. The van der Waals surface area contributed by atoms with Crippen molar-refractivity contribution in [2.45, 2.75) is 171 Å². The molecule has 2 aromatic heterocycles. The number of rotatable bonds is 20. The van der Waals surface area contributed by atoms with E-state index in [-0.39, 0.29) is 30.2 Å². The summed E-state index contributed by atoms with van der Waals surface area (Å²) in [4.78, 5) is 23.3. The molecule has 16 nitrogen and oxygen atoms in total. The van der Waals surface area contributed by atoms with Crippen LogP contribution in [0.1, 0.15) is 137 Å². The summed E-state index contributed by atoms with van der Waals surface area (Å²) in [5.74, 6) is -3.23. The lowest BCUT2D eigenvalue weighted by Gasteiger charge is -2.28. The standard InChI is InChI=1S/C21H32F3NO6S.C12H20N2O3.C8H13F3O4S/c1-19(2,14-30-18-8-5-6-10-29-18)16-12-15(31-25-16)13-17(26)20(3,4)32(27,28)11-7-9-21(22,23)24;1-12(2,9-7-10(13)17-14-9)8-16-11-5-3-4-6-15-11;1-7(2,6(12)13)16(14,15)5-3-4-8(9,10)11/h12,18H,5-11,13-14H2,1-4H3;7,11H,3-6,8,13H2,1-2H3;3-5H2,1-2H3,(H,12,13). The quantitative estimate of drug-likeness (QED) is 0.120. The predicted octanol–water partition coefficient (Wildman–Crippen LogP) is 7.83. The van der Waals surface area contributed by atoms with Gasteiger partial charge in [-0.15, -0.1) is 0 Å². The number of carboxylic acids is 1. The molecular weight excluding hydrogens is 921 g/mol. The van der Waals surface area contributed by atoms with Crippen molar-refractivity contribution in [3.8, 4) is 0 Å². The highest BCUT2D eigenvalue weighted by Crippen LogP contribution is 2.30. The van der Waals surface area contributed by atoms with Crippen LogP contribution in [0.15, 0.2) is 21.2 Å². The van der Waals surface area contributed by atoms with E-state index in [9.17, 15) is 52.8 Å². The van der Waals surface area contributed by atoms with Gasteiger partial charge in [-0.2, -0.15) is 26.3 Å². The van der Waals surface area contributed by atoms with Gasteiger partial charge < -0.3 is 38.8 Å². The summed E-state index contributed by atoms with van der Waals surface area (Å²) in [6.07, 6.45) is -7.07. The number of hydrogen-bond donors (Lipinski definition) is 2. The maximum absolute atomic E-state index is 12.7. The lowest BCUT2D eigenvalue weighted by Crippen LogP contribution is -2.43. The molecule has 2 aliphatic heterocycles. The molecule has 65 heavy (non-hydrogen) atoms. The van der Waals surface area contributed by atoms with Crippen LogP contribution in [0.25, 0.3) is 0 Å². The van der Waals surface area contributed by atoms with Crippen molar-refractivity contribution < 1.29 is 85.9 Å². The van der Waals surface area contributed by atoms with Gasteiger partial charge in [0.25, 0.3) is 0 Å². The third-order valence-corrected chi connectivity index (χ3v) is 16.0. The van der Waals surface area contributed by atoms with Crippen LogP contribution in [0.4, 0.5) is 32.2 Å². The van der Waals surface area contributed by atoms with E-state index in [2.05, 4.69) is 10.3 Å². The third-order valence-electron chi connectivity index (χ3n) is 10.8. The van der Waals surface area contributed by atoms with Crippen LogP contribution >= 0.6 is 0 Å². The van der Waals surface area contributed by atoms with Gasteiger partial charge in [-0.05, 0) is 79.1 Å². The summed E-state index contributed by atoms with van der Waals surface area (Å²) in [5, 5.41) is 16.6. The van der Waals surface area contributed by atoms with Crippen LogP contribution in [-0.2, 0) is 65.5 Å². The molecule has 2 atom stereocenters. The molecule has 0 aliphatic carbocycles. The van der Waals surface area contributed by atoms with Gasteiger partial charge in [-0.1, -0.05) is 38.0 Å². The number of aliphatic carboxylic acids is 1. The number of sulfone groups is 2. The summed E-state index contributed by atoms with van der Waals surface area (Å²) in [6, 6.07) is 3.32. The minimum atomic E-state index is -4.44. The maximum atomic E-state index is 12.7. The minimum absolute atomic E-state index is 0.0766. The number of ether oxygens (including phenoxy) is 4. The van der Waals surface area contributed by atoms with E-state index < -0.39 is 95.9 Å². The molecule has 0 aromatic carbocycles. The number of halogens is 6. The first-order valence-corrected chi connectivity index (χ1v) is 24.4. The Labute approximate surface area is 376 Å². The molecule has 3 N–H and O–H groups in total. The van der Waals surface area contributed by atoms with Crippen LogP contribution in [0.5, 0.6) is 0 Å². The highest BCUT2D eigenvalue weighted by molar-refractivity contribution is 7.93. The average molecular weight is 986 g/mol. The Hall–Kier alpha value is -3.32. The number of carbonyl (C=O) groups excluding carboxylic acids is 1. The van der Waals surface area contributed by atoms with Crippen molar-refractivity contribution in [3.05, 3.63) is 29.3 Å². The van der Waals surface area contributed by atoms with Gasteiger partial charge >= 0.3 is 18.3 Å². The molecule has 0 saturated carbocycles. The Bertz CT molecular complexity index is 2020. The lowest BCUT2D eigenvalue weighted by molar-refractivity contribution is -0.170. The second kappa shape index (κ2) is 23.6. The monoisotopic (exact) mass is 985 g/mol. The lowest BCUT2D eigenvalue weighted by atomic mass is 9.90. The Balaban J connectivity index is 0.000000370. The highest BCUT2D eigenvalue weighted by atomic mass is 32.2. The van der Waals surface area contributed by atoms with Gasteiger partial charge in [-0.25, -0.2) is 16.8 Å². The average Bonchev–Trinajstić information content (AvgIpc) is 3.86. The smallest absolute Gasteiger partial charge is 0.389 e. The van der Waals surface area contributed by atoms with E-state index in [4.69, 9.17) is 38.8 Å². The minimum Gasteiger partial charge on any atom is -0.480 e. The summed E-state index contributed by atoms with van der Waals surface area (Å²) >= 11 is 0. The fraction of sp³-hybridized carbons (Fsp3) is 0.805. The number of ketones is 1. The Morgan fingerprint density at radius 1 is 0.692 bits per heavy atom. The molecular formula is C41H65F6N3O13S2. The van der Waals surface area contributed by atoms with Crippen molar-refractivity contribution in [1.82, 2.24) is 10.3 Å². The number of hydrogen-bond acceptors (Lipinski definition) is 15. The molecule has 2 aliphatic rings. The molecule has 0 radical (unpaired) electrons. The first-order chi connectivity index (χ1) is 29.6. The molecule has 0 spiro atoms. The fourth-order valence-electron chi connectivity index (χ4n) is 5.87. The van der Waals surface area contributed by atoms with Crippen LogP contribution in [0.3, 0.4) is 0 Å². The largest absolute Gasteiger partial charge is 0.480 e. The number of alkyl halides is 6. The first kappa shape index (κ1) is 57.8. The summed E-state index contributed by atoms with van der Waals surface area (Å²) in [5.41, 5.74) is 6.12. The van der Waals surface area contributed by atoms with Crippen LogP contribution in [0.2, 0.25) is 0 Å². The SMILES string of the molecule is CC(C)(C(=O)O)S(=O)(=O)CCCC(F)(F)F.CC(C)(COC1CCCCO1)c1cc(CC(=O)C(C)(C)S(=O)(=O)CCCC(F)(F)F)on1.CC(C)(COC1CCCCO1)c1cc(N)on1. The van der Waals surface area contributed by atoms with E-state index in [1.54, 1.807) is 12.1 Å². The highest BCUT2D eigenvalue weighted by Gasteiger charge is 2.43. The number of carboxylic acid groups (broad SMARTS) is 1. The zero-order valence-electron chi connectivity index (χ0n) is 38.2. The predicted molar refractivity (Wildman–Crippen MR) is 225 cm³/mol. The normalized spacial score (nSPS) is 18.2. The summed E-state index contributed by atoms with van der Waals surface area (Å²) in [6.45, 7) is 14.5. The zero-order valence-corrected chi connectivity index (χ0v) is 39.9. The summed E-state index contributed by atoms with van der Waals surface area (Å²) in [7, 11) is -8.17. The van der Waals surface area contributed by atoms with Crippen molar-refractivity contribution in [1.29, 1.82) is 0 Å². The molecule has 0 bridgehead atoms. The molecule has 4 rings (SSSR count). The molecule has 2 fully saturated rings. The van der Waals surface area contributed by atoms with Crippen molar-refractivity contribution in [2.24, 2.45) is 0 Å². The molecule has 2 aromatic rings. The molecule has 0 amide bonds. The second-order valence-corrected chi connectivity index (χ2v) is 23.6. The van der Waals surface area contributed by atoms with Gasteiger partial charge in [0.15, 0.2) is 42.8 Å². The van der Waals surface area contributed by atoms with Gasteiger partial charge in [0, 0.05) is 49.0 Å². The van der Waals surface area contributed by atoms with Gasteiger partial charge in [0.2, 0.25) is 5.88 Å². The fourth-order valence-corrected chi connectivity index (χ4v) is 8.63. The first-order valence-electron chi connectivity index (χ1n) is 21.1. The number of Topliss-reactive ketones (excluding diaryl/α,β-unsaturated/α-hetero) is 1. The Kier molecular flexibility index (Phi) is 21.0. The van der Waals surface area contributed by atoms with E-state index >= 15 is 0 Å². The summed E-state index contributed by atoms with van der Waals surface area (Å²) < 4.78 is 149. The number of anilines is 1. The molecule has 2 saturated heterocycles. The van der Waals surface area contributed by atoms with Crippen LogP contribution in [0, 0.1) is 0 Å². The number of nitrogens with zero attached hydrogens (tertiary/aromatic N) is 2. The van der Waals surface area contributed by atoms with Crippen molar-refractivity contribution >= 4 is 37.3 Å². The number of nitrogen functional groups attached to an aromatic ring is 1. The number of aromatic nitrogens is 2. The second-order valence-electron chi connectivity index (χ2n) is 18.3. The number of nitrogens with two attached hydrogens (primary N) is 1. The zero-order chi connectivity index (χ0) is 49.7. The third kappa shape index (κ3) is 19.1. The Morgan fingerprint density at radius 3 is 1.48 bits per heavy atom. The molecule has 24 heteroatoms. The van der Waals surface area contributed by atoms with Crippen molar-refractivity contribution in [2.75, 3.05) is 43.7 Å². The maximum Gasteiger partial charge on any atom is 0.389 e. The van der Waals surface area contributed by atoms with E-state index in [1.807, 2.05) is 27.7 Å². The number of carbonyl (C=O) groups is 2. The van der Waals surface area contributed by atoms with Crippen molar-refractivity contribution in [3.63, 3.8) is 0 Å². The van der Waals surface area contributed by atoms with Gasteiger partial charge in [0.1, 0.15) is 10.5 Å². The van der Waals surface area contributed by atoms with Crippen LogP contribution in [-0.4, -0.2) is 116 Å². The van der Waals surface area contributed by atoms with Crippen LogP contribution < -0.4 is 5.73 Å². The molecule has 2 unspecified atom stereocenters.